The number of rotatable bonds is 5. The molecular weight excluding hydrogens is 192 g/mol. The second-order valence-corrected chi connectivity index (χ2v) is 3.20. The van der Waals surface area contributed by atoms with Gasteiger partial charge in [-0.25, -0.2) is 0 Å². The largest absolute Gasteiger partial charge is 0.493 e. The van der Waals surface area contributed by atoms with Crippen molar-refractivity contribution in [1.82, 2.24) is 0 Å². The Balaban J connectivity index is 3.10. The third kappa shape index (κ3) is 2.80. The summed E-state index contributed by atoms with van der Waals surface area (Å²) >= 11 is 0. The zero-order valence-corrected chi connectivity index (χ0v) is 9.12. The van der Waals surface area contributed by atoms with Crippen molar-refractivity contribution >= 4 is 5.78 Å². The van der Waals surface area contributed by atoms with Crippen LogP contribution in [0.15, 0.2) is 18.2 Å². The first kappa shape index (κ1) is 11.7. The molecule has 0 saturated heterocycles. The molecule has 0 aromatic heterocycles. The summed E-state index contributed by atoms with van der Waals surface area (Å²) in [4.78, 5) is 11.6. The van der Waals surface area contributed by atoms with E-state index in [0.29, 0.717) is 24.3 Å². The second kappa shape index (κ2) is 5.51. The predicted molar refractivity (Wildman–Crippen MR) is 58.2 cm³/mol. The van der Waals surface area contributed by atoms with E-state index in [1.165, 1.54) is 0 Å². The first-order chi connectivity index (χ1) is 7.22. The van der Waals surface area contributed by atoms with Crippen LogP contribution in [0.2, 0.25) is 0 Å². The molecule has 1 N–H and O–H groups in total. The zero-order chi connectivity index (χ0) is 11.3. The third-order valence-electron chi connectivity index (χ3n) is 2.15. The maximum absolute atomic E-state index is 11.6. The van der Waals surface area contributed by atoms with Gasteiger partial charge in [0.15, 0.2) is 5.78 Å². The minimum Gasteiger partial charge on any atom is -0.493 e. The Morgan fingerprint density at radius 3 is 2.67 bits per heavy atom. The molecule has 0 bridgehead atoms. The number of ether oxygens (including phenoxy) is 1. The van der Waals surface area contributed by atoms with Crippen LogP contribution >= 0.6 is 0 Å². The third-order valence-corrected chi connectivity index (χ3v) is 2.15. The highest BCUT2D eigenvalue weighted by Crippen LogP contribution is 2.21. The molecule has 15 heavy (non-hydrogen) atoms. The fourth-order valence-electron chi connectivity index (χ4n) is 1.37. The highest BCUT2D eigenvalue weighted by Gasteiger charge is 2.11. The SMILES string of the molecule is CCOc1ccc(CO)cc1C(=O)CC. The second-order valence-electron chi connectivity index (χ2n) is 3.20. The molecule has 0 spiro atoms. The molecule has 0 aliphatic rings. The van der Waals surface area contributed by atoms with Gasteiger partial charge in [0.1, 0.15) is 5.75 Å². The minimum atomic E-state index is -0.0591. The molecule has 0 radical (unpaired) electrons. The average molecular weight is 208 g/mol. The van der Waals surface area contributed by atoms with Gasteiger partial charge in [0, 0.05) is 6.42 Å². The number of carbonyl (C=O) groups excluding carboxylic acids is 1. The molecule has 3 nitrogen and oxygen atoms in total. The van der Waals surface area contributed by atoms with Gasteiger partial charge in [-0.15, -0.1) is 0 Å². The van der Waals surface area contributed by atoms with Crippen molar-refractivity contribution < 1.29 is 14.6 Å². The van der Waals surface area contributed by atoms with Crippen LogP contribution < -0.4 is 4.74 Å². The van der Waals surface area contributed by atoms with Crippen LogP contribution in [-0.4, -0.2) is 17.5 Å². The average Bonchev–Trinajstić information content (AvgIpc) is 2.29. The van der Waals surface area contributed by atoms with E-state index in [0.717, 1.165) is 5.56 Å². The van der Waals surface area contributed by atoms with E-state index in [1.807, 2.05) is 13.8 Å². The van der Waals surface area contributed by atoms with Gasteiger partial charge < -0.3 is 9.84 Å². The standard InChI is InChI=1S/C12H16O3/c1-3-11(14)10-7-9(8-13)5-6-12(10)15-4-2/h5-7,13H,3-4,8H2,1-2H3. The van der Waals surface area contributed by atoms with Crippen LogP contribution in [0.4, 0.5) is 0 Å². The van der Waals surface area contributed by atoms with E-state index >= 15 is 0 Å². The number of hydrogen-bond donors (Lipinski definition) is 1. The van der Waals surface area contributed by atoms with Gasteiger partial charge in [0.2, 0.25) is 0 Å². The van der Waals surface area contributed by atoms with Gasteiger partial charge in [-0.3, -0.25) is 4.79 Å². The summed E-state index contributed by atoms with van der Waals surface area (Å²) in [6, 6.07) is 5.19. The number of aliphatic hydroxyl groups is 1. The summed E-state index contributed by atoms with van der Waals surface area (Å²) in [5.41, 5.74) is 1.29. The molecule has 82 valence electrons. The van der Waals surface area contributed by atoms with Crippen molar-refractivity contribution in [2.45, 2.75) is 26.9 Å². The van der Waals surface area contributed by atoms with Crippen LogP contribution in [0.3, 0.4) is 0 Å². The molecule has 0 unspecified atom stereocenters. The van der Waals surface area contributed by atoms with Crippen molar-refractivity contribution in [1.29, 1.82) is 0 Å². The maximum atomic E-state index is 11.6. The van der Waals surface area contributed by atoms with E-state index in [2.05, 4.69) is 0 Å². The van der Waals surface area contributed by atoms with Gasteiger partial charge in [-0.2, -0.15) is 0 Å². The van der Waals surface area contributed by atoms with E-state index in [4.69, 9.17) is 9.84 Å². The lowest BCUT2D eigenvalue weighted by Crippen LogP contribution is -2.03. The molecular formula is C12H16O3. The lowest BCUT2D eigenvalue weighted by molar-refractivity contribution is 0.0984. The molecule has 1 aromatic rings. The number of ketones is 1. The quantitative estimate of drug-likeness (QED) is 0.754. The summed E-state index contributed by atoms with van der Waals surface area (Å²) in [7, 11) is 0. The lowest BCUT2D eigenvalue weighted by Gasteiger charge is -2.09. The molecule has 1 rings (SSSR count). The zero-order valence-electron chi connectivity index (χ0n) is 9.12. The fraction of sp³-hybridized carbons (Fsp3) is 0.417. The van der Waals surface area contributed by atoms with Crippen LogP contribution in [-0.2, 0) is 6.61 Å². The fourth-order valence-corrected chi connectivity index (χ4v) is 1.37. The van der Waals surface area contributed by atoms with Crippen LogP contribution in [0.1, 0.15) is 36.2 Å². The van der Waals surface area contributed by atoms with Crippen molar-refractivity contribution in [3.05, 3.63) is 29.3 Å². The van der Waals surface area contributed by atoms with Gasteiger partial charge in [-0.1, -0.05) is 13.0 Å². The Hall–Kier alpha value is -1.35. The monoisotopic (exact) mass is 208 g/mol. The van der Waals surface area contributed by atoms with Crippen molar-refractivity contribution in [3.8, 4) is 5.75 Å². The molecule has 0 saturated carbocycles. The van der Waals surface area contributed by atoms with Gasteiger partial charge >= 0.3 is 0 Å². The lowest BCUT2D eigenvalue weighted by atomic mass is 10.0. The normalized spacial score (nSPS) is 10.1. The highest BCUT2D eigenvalue weighted by atomic mass is 16.5. The molecule has 0 fully saturated rings. The minimum absolute atomic E-state index is 0.0359. The van der Waals surface area contributed by atoms with Crippen LogP contribution in [0.25, 0.3) is 0 Å². The summed E-state index contributed by atoms with van der Waals surface area (Å²) < 4.78 is 5.36. The number of aliphatic hydroxyl groups excluding tert-OH is 1. The van der Waals surface area contributed by atoms with Crippen molar-refractivity contribution in [2.75, 3.05) is 6.61 Å². The highest BCUT2D eigenvalue weighted by molar-refractivity contribution is 5.98. The molecule has 0 amide bonds. The Kier molecular flexibility index (Phi) is 4.31. The Bertz CT molecular complexity index is 345. The Morgan fingerprint density at radius 2 is 2.13 bits per heavy atom. The number of hydrogen-bond acceptors (Lipinski definition) is 3. The Labute approximate surface area is 89.7 Å². The Morgan fingerprint density at radius 1 is 1.40 bits per heavy atom. The van der Waals surface area contributed by atoms with E-state index in [-0.39, 0.29) is 12.4 Å². The maximum Gasteiger partial charge on any atom is 0.166 e. The molecule has 1 aromatic carbocycles. The van der Waals surface area contributed by atoms with Gasteiger partial charge in [0.05, 0.1) is 18.8 Å². The number of benzene rings is 1. The van der Waals surface area contributed by atoms with E-state index in [9.17, 15) is 4.79 Å². The predicted octanol–water partition coefficient (Wildman–Crippen LogP) is 2.17. The summed E-state index contributed by atoms with van der Waals surface area (Å²) in [5.74, 6) is 0.635. The first-order valence-corrected chi connectivity index (χ1v) is 5.12. The topological polar surface area (TPSA) is 46.5 Å². The summed E-state index contributed by atoms with van der Waals surface area (Å²) in [6.07, 6.45) is 0.439. The van der Waals surface area contributed by atoms with Crippen molar-refractivity contribution in [3.63, 3.8) is 0 Å². The first-order valence-electron chi connectivity index (χ1n) is 5.12. The molecule has 0 aliphatic carbocycles. The van der Waals surface area contributed by atoms with E-state index < -0.39 is 0 Å². The van der Waals surface area contributed by atoms with Crippen LogP contribution in [0, 0.1) is 0 Å². The number of Topliss-reactive ketones (excluding diaryl/α,β-unsaturated/α-hetero) is 1. The van der Waals surface area contributed by atoms with E-state index in [1.54, 1.807) is 18.2 Å². The molecule has 3 heteroatoms. The van der Waals surface area contributed by atoms with Gasteiger partial charge in [-0.05, 0) is 24.6 Å². The summed E-state index contributed by atoms with van der Waals surface area (Å²) in [6.45, 7) is 4.16. The molecule has 0 heterocycles. The smallest absolute Gasteiger partial charge is 0.166 e. The van der Waals surface area contributed by atoms with Gasteiger partial charge in [0.25, 0.3) is 0 Å². The van der Waals surface area contributed by atoms with Crippen LogP contribution in [0.5, 0.6) is 5.75 Å². The molecule has 0 aliphatic heterocycles. The summed E-state index contributed by atoms with van der Waals surface area (Å²) in [5, 5.41) is 8.99. The molecule has 0 atom stereocenters. The van der Waals surface area contributed by atoms with Crippen molar-refractivity contribution in [2.24, 2.45) is 0 Å². The number of carbonyl (C=O) groups is 1.